The summed E-state index contributed by atoms with van der Waals surface area (Å²) in [5.74, 6) is -1.63. The number of carbonyl (C=O) groups is 3. The van der Waals surface area contributed by atoms with Crippen molar-refractivity contribution in [3.63, 3.8) is 0 Å². The molecule has 3 amide bonds. The lowest BCUT2D eigenvalue weighted by molar-refractivity contribution is -0.135. The van der Waals surface area contributed by atoms with Gasteiger partial charge in [-0.3, -0.25) is 24.6 Å². The van der Waals surface area contributed by atoms with E-state index in [0.717, 1.165) is 22.2 Å². The minimum Gasteiger partial charge on any atom is -0.489 e. The Morgan fingerprint density at radius 2 is 1.94 bits per heavy atom. The second-order valence-corrected chi connectivity index (χ2v) is 8.51. The second kappa shape index (κ2) is 9.48. The molecule has 0 radical (unpaired) electrons. The van der Waals surface area contributed by atoms with Gasteiger partial charge in [0.05, 0.1) is 23.4 Å². The first-order valence-electron chi connectivity index (χ1n) is 10.9. The van der Waals surface area contributed by atoms with Crippen molar-refractivity contribution >= 4 is 28.6 Å². The number of rotatable bonds is 7. The fourth-order valence-electron chi connectivity index (χ4n) is 4.19. The fourth-order valence-corrected chi connectivity index (χ4v) is 4.19. The lowest BCUT2D eigenvalue weighted by Gasteiger charge is -2.33. The van der Waals surface area contributed by atoms with Gasteiger partial charge in [0.1, 0.15) is 12.4 Å². The summed E-state index contributed by atoms with van der Waals surface area (Å²) in [5, 5.41) is 15.5. The van der Waals surface area contributed by atoms with Crippen molar-refractivity contribution < 1.29 is 24.3 Å². The smallest absolute Gasteiger partial charge is 0.251 e. The van der Waals surface area contributed by atoms with E-state index in [1.54, 1.807) is 36.7 Å². The third-order valence-electron chi connectivity index (χ3n) is 6.21. The SMILES string of the molecule is Cc1cc(COc2ccc(C(=O)NC3(C(C)C(=O)NO)CNC(=O)C3)cc2)c2ccccc2n1. The van der Waals surface area contributed by atoms with E-state index in [9.17, 15) is 14.4 Å². The number of hydrogen-bond acceptors (Lipinski definition) is 6. The van der Waals surface area contributed by atoms with Crippen molar-refractivity contribution in [2.75, 3.05) is 6.54 Å². The number of hydrogen-bond donors (Lipinski definition) is 4. The van der Waals surface area contributed by atoms with Crippen molar-refractivity contribution in [2.24, 2.45) is 5.92 Å². The van der Waals surface area contributed by atoms with Crippen LogP contribution in [0.5, 0.6) is 5.75 Å². The van der Waals surface area contributed by atoms with Crippen molar-refractivity contribution in [3.8, 4) is 5.75 Å². The standard InChI is InChI=1S/C25H26N4O5/c1-15-11-18(20-5-3-4-6-21(20)27-15)13-34-19-9-7-17(8-10-19)24(32)28-25(12-22(30)26-14-25)16(2)23(31)29-33/h3-11,16,33H,12-14H2,1-2H3,(H,26,30)(H,28,32)(H,29,31). The first kappa shape index (κ1) is 23.2. The largest absolute Gasteiger partial charge is 0.489 e. The molecule has 2 atom stereocenters. The van der Waals surface area contributed by atoms with Gasteiger partial charge in [-0.05, 0) is 43.3 Å². The fraction of sp³-hybridized carbons (Fsp3) is 0.280. The van der Waals surface area contributed by atoms with E-state index in [-0.39, 0.29) is 18.9 Å². The van der Waals surface area contributed by atoms with E-state index < -0.39 is 23.3 Å². The summed E-state index contributed by atoms with van der Waals surface area (Å²) < 4.78 is 5.95. The van der Waals surface area contributed by atoms with Crippen molar-refractivity contribution in [2.45, 2.75) is 32.4 Å². The molecule has 3 aromatic rings. The normalized spacial score (nSPS) is 18.3. The number of carbonyl (C=O) groups excluding carboxylic acids is 3. The van der Waals surface area contributed by atoms with E-state index in [4.69, 9.17) is 9.94 Å². The Labute approximate surface area is 196 Å². The third-order valence-corrected chi connectivity index (χ3v) is 6.21. The minimum absolute atomic E-state index is 0.0617. The van der Waals surface area contributed by atoms with E-state index in [1.165, 1.54) is 0 Å². The van der Waals surface area contributed by atoms with Gasteiger partial charge in [-0.2, -0.15) is 0 Å². The molecule has 1 fully saturated rings. The summed E-state index contributed by atoms with van der Waals surface area (Å²) in [6.07, 6.45) is -0.0617. The van der Waals surface area contributed by atoms with Crippen molar-refractivity contribution in [1.29, 1.82) is 0 Å². The number of nitrogens with zero attached hydrogens (tertiary/aromatic N) is 1. The highest BCUT2D eigenvalue weighted by Gasteiger charge is 2.47. The maximum Gasteiger partial charge on any atom is 0.251 e. The zero-order valence-electron chi connectivity index (χ0n) is 18.9. The van der Waals surface area contributed by atoms with Crippen LogP contribution in [0.4, 0.5) is 0 Å². The number of ether oxygens (including phenoxy) is 1. The molecule has 9 nitrogen and oxygen atoms in total. The monoisotopic (exact) mass is 462 g/mol. The summed E-state index contributed by atoms with van der Waals surface area (Å²) in [5.41, 5.74) is 3.63. The van der Waals surface area contributed by atoms with Crippen molar-refractivity contribution in [1.82, 2.24) is 21.1 Å². The van der Waals surface area contributed by atoms with Gasteiger partial charge in [-0.15, -0.1) is 0 Å². The zero-order valence-corrected chi connectivity index (χ0v) is 18.9. The molecule has 2 aromatic carbocycles. The van der Waals surface area contributed by atoms with Gasteiger partial charge >= 0.3 is 0 Å². The van der Waals surface area contributed by atoms with E-state index >= 15 is 0 Å². The summed E-state index contributed by atoms with van der Waals surface area (Å²) in [7, 11) is 0. The van der Waals surface area contributed by atoms with Gasteiger partial charge in [0.2, 0.25) is 11.8 Å². The van der Waals surface area contributed by atoms with Gasteiger partial charge in [0.15, 0.2) is 0 Å². The molecule has 1 aliphatic heterocycles. The Kier molecular flexibility index (Phi) is 6.47. The highest BCUT2D eigenvalue weighted by Crippen LogP contribution is 2.27. The van der Waals surface area contributed by atoms with Crippen LogP contribution in [-0.2, 0) is 16.2 Å². The maximum atomic E-state index is 12.9. The third kappa shape index (κ3) is 4.69. The van der Waals surface area contributed by atoms with Crippen LogP contribution in [0.1, 0.15) is 35.0 Å². The lowest BCUT2D eigenvalue weighted by Crippen LogP contribution is -2.58. The number of nitrogens with one attached hydrogen (secondary N) is 3. The number of aromatic nitrogens is 1. The topological polar surface area (TPSA) is 130 Å². The Bertz CT molecular complexity index is 1240. The number of pyridine rings is 1. The van der Waals surface area contributed by atoms with Crippen molar-refractivity contribution in [3.05, 3.63) is 71.4 Å². The molecule has 0 spiro atoms. The van der Waals surface area contributed by atoms with Crippen LogP contribution in [0.25, 0.3) is 10.9 Å². The van der Waals surface area contributed by atoms with Crippen LogP contribution in [0.15, 0.2) is 54.6 Å². The van der Waals surface area contributed by atoms with Crippen LogP contribution >= 0.6 is 0 Å². The Hall–Kier alpha value is -3.98. The highest BCUT2D eigenvalue weighted by atomic mass is 16.5. The molecule has 0 saturated carbocycles. The summed E-state index contributed by atoms with van der Waals surface area (Å²) >= 11 is 0. The van der Waals surface area contributed by atoms with Gasteiger partial charge in [0.25, 0.3) is 5.91 Å². The second-order valence-electron chi connectivity index (χ2n) is 8.51. The van der Waals surface area contributed by atoms with Gasteiger partial charge in [-0.25, -0.2) is 5.48 Å². The molecule has 2 heterocycles. The zero-order chi connectivity index (χ0) is 24.3. The lowest BCUT2D eigenvalue weighted by atomic mass is 9.83. The molecular weight excluding hydrogens is 436 g/mol. The molecule has 9 heteroatoms. The number of benzene rings is 2. The number of aryl methyl sites for hydroxylation is 1. The molecule has 176 valence electrons. The predicted octanol–water partition coefficient (Wildman–Crippen LogP) is 2.25. The molecule has 1 aromatic heterocycles. The molecule has 0 aliphatic carbocycles. The van der Waals surface area contributed by atoms with Crippen LogP contribution in [-0.4, -0.2) is 40.0 Å². The Balaban J connectivity index is 1.46. The van der Waals surface area contributed by atoms with Crippen LogP contribution in [0.2, 0.25) is 0 Å². The average molecular weight is 463 g/mol. The van der Waals surface area contributed by atoms with Crippen LogP contribution in [0, 0.1) is 12.8 Å². The quantitative estimate of drug-likeness (QED) is 0.315. The number of para-hydroxylation sites is 1. The first-order chi connectivity index (χ1) is 16.3. The highest BCUT2D eigenvalue weighted by molar-refractivity contribution is 5.96. The van der Waals surface area contributed by atoms with Crippen LogP contribution < -0.4 is 20.9 Å². The van der Waals surface area contributed by atoms with Gasteiger partial charge < -0.3 is 15.4 Å². The number of fused-ring (bicyclic) bond motifs is 1. The first-order valence-corrected chi connectivity index (χ1v) is 10.9. The molecule has 2 unspecified atom stereocenters. The predicted molar refractivity (Wildman–Crippen MR) is 124 cm³/mol. The molecule has 1 saturated heterocycles. The van der Waals surface area contributed by atoms with E-state index in [2.05, 4.69) is 15.6 Å². The molecule has 4 N–H and O–H groups in total. The molecule has 0 bridgehead atoms. The minimum atomic E-state index is -1.14. The molecule has 1 aliphatic rings. The Morgan fingerprint density at radius 1 is 1.21 bits per heavy atom. The van der Waals surface area contributed by atoms with E-state index in [1.807, 2.05) is 37.3 Å². The molecule has 34 heavy (non-hydrogen) atoms. The summed E-state index contributed by atoms with van der Waals surface area (Å²) in [6, 6.07) is 16.5. The van der Waals surface area contributed by atoms with Gasteiger partial charge in [-0.1, -0.05) is 25.1 Å². The van der Waals surface area contributed by atoms with Gasteiger partial charge in [0, 0.05) is 28.8 Å². The number of amides is 3. The summed E-state index contributed by atoms with van der Waals surface area (Å²) in [4.78, 5) is 41.3. The van der Waals surface area contributed by atoms with Crippen LogP contribution in [0.3, 0.4) is 0 Å². The molecular formula is C25H26N4O5. The summed E-state index contributed by atoms with van der Waals surface area (Å²) in [6.45, 7) is 3.93. The average Bonchev–Trinajstić information content (AvgIpc) is 3.22. The Morgan fingerprint density at radius 3 is 2.62 bits per heavy atom. The molecule has 4 rings (SSSR count). The van der Waals surface area contributed by atoms with E-state index in [0.29, 0.717) is 17.9 Å². The maximum absolute atomic E-state index is 12.9. The number of hydroxylamine groups is 1.